The van der Waals surface area contributed by atoms with Gasteiger partial charge in [-0.3, -0.25) is 9.59 Å². The third-order valence-corrected chi connectivity index (χ3v) is 20.0. The molecule has 0 spiro atoms. The maximum absolute atomic E-state index is 14.8. The van der Waals surface area contributed by atoms with Crippen molar-refractivity contribution in [2.24, 2.45) is 17.8 Å². The molecule has 3 heterocycles. The Labute approximate surface area is 531 Å². The number of esters is 3. The van der Waals surface area contributed by atoms with Gasteiger partial charge in [0.05, 0.1) is 66.5 Å². The SMILES string of the molecule is CC[C@H]1OC(=O)[C@H](C)[C@@H](O[C@H]2C[C@@](C)(OC)[C@@H](O)[C@H](C)O2)[C@H](C)[C@@H](O[C@@H]2O[C@H](C)C[C@H](N(C)C)[C@H]2OC(=O)[C@@H](C)OC(=O)[C@H](CSC(c2ccccc2)(c2ccc(OC)cc2)c2ccc(OC)cc2)NC(C)=O)[C@](C)(O)C[C@@H](C)CN(C)[C@H](C)[C@@H](O)[C@]1(C)O. The molecule has 3 aliphatic rings. The lowest BCUT2D eigenvalue weighted by Gasteiger charge is -2.49. The number of aliphatic hydroxyl groups is 4. The van der Waals surface area contributed by atoms with E-state index in [0.29, 0.717) is 24.5 Å². The standard InChI is InChI=1S/C67H101N3O18S/c1-19-53-66(12,78)57(72)42(6)70(15)36-38(2)34-64(10,77)59(40(4)55(41(5)60(74)85-53)86-54-35-65(11,81-18)58(73)43(7)83-54)88-63-56(52(69(13)14)33-39(3)82-63)87-61(75)44(8)84-62(76)51(68-45(9)71)37-89-67(46-23-21-20-22-24-46,47-25-29-49(79-16)30-26-47)48-27-31-50(80-17)32-28-48/h20-32,38-44,51-59,63,72-73,77-78H,19,33-37H2,1-18H3,(H,68,71)/t38-,39-,40+,41-,42-,43+,44-,51+,52+,53-,54+,55+,56-,57-,58+,59-,63+,64-,65-,66-/m1/s1. The second kappa shape index (κ2) is 31.1. The van der Waals surface area contributed by atoms with Crippen LogP contribution in [0.25, 0.3) is 0 Å². The lowest BCUT2D eigenvalue weighted by molar-refractivity contribution is -0.319. The quantitative estimate of drug-likeness (QED) is 0.0452. The van der Waals surface area contributed by atoms with E-state index in [1.165, 1.54) is 39.6 Å². The van der Waals surface area contributed by atoms with Gasteiger partial charge >= 0.3 is 17.9 Å². The first-order chi connectivity index (χ1) is 41.8. The maximum Gasteiger partial charge on any atom is 0.347 e. The summed E-state index contributed by atoms with van der Waals surface area (Å²) in [4.78, 5) is 60.9. The van der Waals surface area contributed by atoms with Crippen molar-refractivity contribution in [3.05, 3.63) is 95.6 Å². The Balaban J connectivity index is 1.36. The second-order valence-electron chi connectivity index (χ2n) is 25.7. The molecule has 0 saturated carbocycles. The van der Waals surface area contributed by atoms with E-state index in [0.717, 1.165) is 16.7 Å². The molecule has 3 aromatic carbocycles. The van der Waals surface area contributed by atoms with Gasteiger partial charge in [-0.15, -0.1) is 11.8 Å². The van der Waals surface area contributed by atoms with Gasteiger partial charge in [-0.05, 0) is 143 Å². The van der Waals surface area contributed by atoms with Gasteiger partial charge in [0.2, 0.25) is 5.91 Å². The van der Waals surface area contributed by atoms with Crippen LogP contribution in [-0.4, -0.2) is 211 Å². The summed E-state index contributed by atoms with van der Waals surface area (Å²) in [6.07, 6.45) is -12.0. The first kappa shape index (κ1) is 73.1. The molecule has 21 nitrogen and oxygen atoms in total. The summed E-state index contributed by atoms with van der Waals surface area (Å²) < 4.78 is 61.5. The minimum atomic E-state index is -1.91. The summed E-state index contributed by atoms with van der Waals surface area (Å²) in [5.74, 6) is -4.32. The largest absolute Gasteiger partial charge is 0.497 e. The highest BCUT2D eigenvalue weighted by Crippen LogP contribution is 2.50. The number of nitrogens with one attached hydrogen (secondary N) is 1. The van der Waals surface area contributed by atoms with E-state index < -0.39 is 143 Å². The predicted molar refractivity (Wildman–Crippen MR) is 336 cm³/mol. The van der Waals surface area contributed by atoms with Crippen molar-refractivity contribution in [1.82, 2.24) is 15.1 Å². The molecule has 498 valence electrons. The van der Waals surface area contributed by atoms with E-state index in [9.17, 15) is 39.6 Å². The van der Waals surface area contributed by atoms with E-state index in [4.69, 9.17) is 47.4 Å². The number of carbonyl (C=O) groups excluding carboxylic acids is 4. The zero-order valence-electron chi connectivity index (χ0n) is 55.4. The Kier molecular flexibility index (Phi) is 25.6. The number of hydrogen-bond acceptors (Lipinski definition) is 21. The minimum absolute atomic E-state index is 0.0302. The van der Waals surface area contributed by atoms with E-state index in [-0.39, 0.29) is 30.9 Å². The van der Waals surface area contributed by atoms with Crippen molar-refractivity contribution in [3.8, 4) is 11.5 Å². The molecule has 0 unspecified atom stereocenters. The van der Waals surface area contributed by atoms with Crippen molar-refractivity contribution in [2.75, 3.05) is 54.8 Å². The van der Waals surface area contributed by atoms with Gasteiger partial charge in [-0.25, -0.2) is 9.59 Å². The average molecular weight is 1270 g/mol. The Bertz CT molecular complexity index is 2710. The van der Waals surface area contributed by atoms with Gasteiger partial charge in [0.15, 0.2) is 24.8 Å². The average Bonchev–Trinajstić information content (AvgIpc) is 1.09. The highest BCUT2D eigenvalue weighted by Gasteiger charge is 2.54. The van der Waals surface area contributed by atoms with Crippen LogP contribution in [-0.2, 0) is 61.8 Å². The molecule has 3 aromatic rings. The molecule has 5 N–H and O–H groups in total. The fourth-order valence-electron chi connectivity index (χ4n) is 13.1. The molecule has 0 aliphatic carbocycles. The monoisotopic (exact) mass is 1270 g/mol. The fraction of sp³-hybridized carbons (Fsp3) is 0.672. The van der Waals surface area contributed by atoms with Crippen LogP contribution in [0.1, 0.15) is 125 Å². The number of carbonyl (C=O) groups is 4. The van der Waals surface area contributed by atoms with Crippen molar-refractivity contribution in [1.29, 1.82) is 0 Å². The number of nitrogens with zero attached hydrogens (tertiary/aromatic N) is 2. The topological polar surface area (TPSA) is 260 Å². The minimum Gasteiger partial charge on any atom is -0.497 e. The summed E-state index contributed by atoms with van der Waals surface area (Å²) in [5, 5.41) is 51.0. The number of methoxy groups -OCH3 is 3. The Morgan fingerprint density at radius 2 is 1.38 bits per heavy atom. The van der Waals surface area contributed by atoms with Gasteiger partial charge in [-0.1, -0.05) is 75.4 Å². The molecule has 20 atom stereocenters. The van der Waals surface area contributed by atoms with Gasteiger partial charge in [0.25, 0.3) is 0 Å². The highest BCUT2D eigenvalue weighted by atomic mass is 32.2. The number of thioether (sulfide) groups is 1. The zero-order chi connectivity index (χ0) is 66.1. The van der Waals surface area contributed by atoms with Crippen LogP contribution in [0.15, 0.2) is 78.9 Å². The third-order valence-electron chi connectivity index (χ3n) is 18.4. The van der Waals surface area contributed by atoms with E-state index >= 15 is 0 Å². The Morgan fingerprint density at radius 3 is 1.91 bits per heavy atom. The van der Waals surface area contributed by atoms with Crippen LogP contribution in [0.5, 0.6) is 11.5 Å². The van der Waals surface area contributed by atoms with Gasteiger partial charge in [0, 0.05) is 44.7 Å². The molecular formula is C67H101N3O18S. The number of rotatable bonds is 20. The van der Waals surface area contributed by atoms with Crippen molar-refractivity contribution in [3.63, 3.8) is 0 Å². The van der Waals surface area contributed by atoms with E-state index in [1.54, 1.807) is 69.7 Å². The molecule has 0 bridgehead atoms. The summed E-state index contributed by atoms with van der Waals surface area (Å²) in [7, 11) is 10.1. The molecule has 0 radical (unpaired) electrons. The Morgan fingerprint density at radius 1 is 0.809 bits per heavy atom. The third kappa shape index (κ3) is 17.2. The number of amides is 1. The van der Waals surface area contributed by atoms with Gasteiger partial charge < -0.3 is 82.9 Å². The summed E-state index contributed by atoms with van der Waals surface area (Å²) >= 11 is 1.39. The molecular weight excluding hydrogens is 1170 g/mol. The van der Waals surface area contributed by atoms with Crippen LogP contribution in [0.4, 0.5) is 0 Å². The molecule has 3 saturated heterocycles. The first-order valence-electron chi connectivity index (χ1n) is 31.0. The predicted octanol–water partition coefficient (Wildman–Crippen LogP) is 6.63. The molecule has 1 amide bonds. The molecule has 89 heavy (non-hydrogen) atoms. The summed E-state index contributed by atoms with van der Waals surface area (Å²) in [6, 6.07) is 22.5. The number of ether oxygens (including phenoxy) is 10. The van der Waals surface area contributed by atoms with Gasteiger partial charge in [-0.2, -0.15) is 0 Å². The highest BCUT2D eigenvalue weighted by molar-refractivity contribution is 8.00. The summed E-state index contributed by atoms with van der Waals surface area (Å²) in [5.41, 5.74) is -2.27. The van der Waals surface area contributed by atoms with Crippen LogP contribution in [0.2, 0.25) is 0 Å². The second-order valence-corrected chi connectivity index (χ2v) is 27.0. The lowest BCUT2D eigenvalue weighted by Crippen LogP contribution is -2.61. The maximum atomic E-state index is 14.8. The fourth-order valence-corrected chi connectivity index (χ4v) is 14.6. The molecule has 3 aliphatic heterocycles. The number of cyclic esters (lactones) is 1. The normalized spacial score (nSPS) is 34.4. The van der Waals surface area contributed by atoms with Crippen LogP contribution < -0.4 is 14.8 Å². The molecule has 3 fully saturated rings. The van der Waals surface area contributed by atoms with Gasteiger partial charge in [0.1, 0.15) is 41.5 Å². The van der Waals surface area contributed by atoms with Crippen molar-refractivity contribution in [2.45, 2.75) is 216 Å². The van der Waals surface area contributed by atoms with Crippen LogP contribution in [0, 0.1) is 17.8 Å². The van der Waals surface area contributed by atoms with Crippen LogP contribution >= 0.6 is 11.8 Å². The van der Waals surface area contributed by atoms with E-state index in [1.807, 2.05) is 117 Å². The van der Waals surface area contributed by atoms with E-state index in [2.05, 4.69) is 5.32 Å². The van der Waals surface area contributed by atoms with Crippen LogP contribution in [0.3, 0.4) is 0 Å². The van der Waals surface area contributed by atoms with Crippen molar-refractivity contribution >= 4 is 35.6 Å². The summed E-state index contributed by atoms with van der Waals surface area (Å²) in [6.45, 7) is 20.2. The number of likely N-dealkylation sites (N-methyl/N-ethyl adjacent to an activating group) is 2. The molecule has 6 rings (SSSR count). The lowest BCUT2D eigenvalue weighted by atomic mass is 9.77. The molecule has 22 heteroatoms. The Hall–Kier alpha value is -4.95. The smallest absolute Gasteiger partial charge is 0.347 e. The van der Waals surface area contributed by atoms with Crippen molar-refractivity contribution < 1.29 is 87.0 Å². The number of hydrogen-bond donors (Lipinski definition) is 5. The number of aliphatic hydroxyl groups excluding tert-OH is 2. The molecule has 0 aromatic heterocycles. The first-order valence-corrected chi connectivity index (χ1v) is 32.0. The number of benzene rings is 3. The zero-order valence-corrected chi connectivity index (χ0v) is 56.2.